The molecule has 2 rings (SSSR count). The van der Waals surface area contributed by atoms with Gasteiger partial charge in [-0.25, -0.2) is 4.98 Å². The molecular formula is C12H8N4O2. The number of aromatic nitrogens is 1. The van der Waals surface area contributed by atoms with Crippen LogP contribution in [0.4, 0.5) is 11.5 Å². The van der Waals surface area contributed by atoms with Gasteiger partial charge in [0.1, 0.15) is 5.82 Å². The van der Waals surface area contributed by atoms with Crippen LogP contribution in [0, 0.1) is 21.4 Å². The smallest absolute Gasteiger partial charge is 0.295 e. The fraction of sp³-hybridized carbons (Fsp3) is 0. The maximum atomic E-state index is 10.9. The Morgan fingerprint density at radius 3 is 2.78 bits per heavy atom. The van der Waals surface area contributed by atoms with E-state index in [1.54, 1.807) is 18.2 Å². The van der Waals surface area contributed by atoms with Crippen LogP contribution in [0.25, 0.3) is 11.3 Å². The highest BCUT2D eigenvalue weighted by molar-refractivity contribution is 5.72. The number of benzene rings is 1. The summed E-state index contributed by atoms with van der Waals surface area (Å²) in [7, 11) is 0. The Hall–Kier alpha value is -2.94. The number of nitrogens with two attached hydrogens (primary N) is 1. The molecule has 6 nitrogen and oxygen atoms in total. The molecule has 0 atom stereocenters. The molecule has 0 spiro atoms. The van der Waals surface area contributed by atoms with Gasteiger partial charge >= 0.3 is 0 Å². The number of nitrogen functional groups attached to an aromatic ring is 1. The fourth-order valence-corrected chi connectivity index (χ4v) is 1.56. The number of nitro groups is 1. The van der Waals surface area contributed by atoms with Crippen molar-refractivity contribution in [2.24, 2.45) is 0 Å². The van der Waals surface area contributed by atoms with Crippen LogP contribution < -0.4 is 5.73 Å². The quantitative estimate of drug-likeness (QED) is 0.639. The van der Waals surface area contributed by atoms with Gasteiger partial charge in [-0.3, -0.25) is 10.1 Å². The predicted octanol–water partition coefficient (Wildman–Crippen LogP) is 2.11. The topological polar surface area (TPSA) is 106 Å². The third kappa shape index (κ3) is 2.10. The largest absolute Gasteiger partial charge is 0.384 e. The van der Waals surface area contributed by atoms with Gasteiger partial charge in [0.05, 0.1) is 16.6 Å². The molecule has 0 amide bonds. The predicted molar refractivity (Wildman–Crippen MR) is 65.5 cm³/mol. The van der Waals surface area contributed by atoms with Crippen molar-refractivity contribution in [1.29, 1.82) is 5.26 Å². The lowest BCUT2D eigenvalue weighted by molar-refractivity contribution is -0.384. The summed E-state index contributed by atoms with van der Waals surface area (Å²) in [4.78, 5) is 14.4. The molecule has 0 fully saturated rings. The molecule has 1 aromatic carbocycles. The first kappa shape index (κ1) is 11.5. The van der Waals surface area contributed by atoms with Crippen molar-refractivity contribution in [2.45, 2.75) is 0 Å². The number of hydrogen-bond donors (Lipinski definition) is 1. The summed E-state index contributed by atoms with van der Waals surface area (Å²) in [5, 5.41) is 19.7. The Morgan fingerprint density at radius 2 is 2.11 bits per heavy atom. The van der Waals surface area contributed by atoms with Crippen LogP contribution >= 0.6 is 0 Å². The van der Waals surface area contributed by atoms with Crippen molar-refractivity contribution < 1.29 is 4.92 Å². The van der Waals surface area contributed by atoms with E-state index in [-0.39, 0.29) is 17.2 Å². The van der Waals surface area contributed by atoms with Crippen molar-refractivity contribution in [3.63, 3.8) is 0 Å². The number of nitrogens with zero attached hydrogens (tertiary/aromatic N) is 3. The Bertz CT molecular complexity index is 661. The van der Waals surface area contributed by atoms with E-state index in [1.807, 2.05) is 6.07 Å². The minimum Gasteiger partial charge on any atom is -0.384 e. The van der Waals surface area contributed by atoms with Gasteiger partial charge in [0, 0.05) is 11.6 Å². The molecule has 0 saturated carbocycles. The molecule has 0 aliphatic heterocycles. The van der Waals surface area contributed by atoms with E-state index in [0.29, 0.717) is 11.1 Å². The maximum Gasteiger partial charge on any atom is 0.295 e. The van der Waals surface area contributed by atoms with Crippen LogP contribution in [0.1, 0.15) is 5.56 Å². The standard InChI is InChI=1S/C12H8N4O2/c13-7-8-2-1-3-9(6-8)12-10(16(17)18)4-5-11(14)15-12/h1-6H,(H2,14,15). The van der Waals surface area contributed by atoms with Crippen LogP contribution in [-0.4, -0.2) is 9.91 Å². The van der Waals surface area contributed by atoms with Crippen LogP contribution in [0.3, 0.4) is 0 Å². The second-order valence-corrected chi connectivity index (χ2v) is 3.55. The van der Waals surface area contributed by atoms with Crippen LogP contribution in [-0.2, 0) is 0 Å². The third-order valence-electron chi connectivity index (χ3n) is 2.36. The highest BCUT2D eigenvalue weighted by atomic mass is 16.6. The van der Waals surface area contributed by atoms with Gasteiger partial charge in [-0.2, -0.15) is 5.26 Å². The van der Waals surface area contributed by atoms with Crippen molar-refractivity contribution in [2.75, 3.05) is 5.73 Å². The van der Waals surface area contributed by atoms with Gasteiger partial charge in [-0.05, 0) is 18.2 Å². The van der Waals surface area contributed by atoms with Gasteiger partial charge in [0.25, 0.3) is 5.69 Å². The Labute approximate surface area is 102 Å². The Morgan fingerprint density at radius 1 is 1.33 bits per heavy atom. The molecule has 18 heavy (non-hydrogen) atoms. The molecule has 6 heteroatoms. The van der Waals surface area contributed by atoms with Crippen LogP contribution in [0.15, 0.2) is 36.4 Å². The Balaban J connectivity index is 2.66. The molecule has 0 saturated heterocycles. The molecule has 88 valence electrons. The van der Waals surface area contributed by atoms with Crippen LogP contribution in [0.2, 0.25) is 0 Å². The third-order valence-corrected chi connectivity index (χ3v) is 2.36. The Kier molecular flexibility index (Phi) is 2.89. The second kappa shape index (κ2) is 4.51. The average Bonchev–Trinajstić information content (AvgIpc) is 2.38. The number of rotatable bonds is 2. The van der Waals surface area contributed by atoms with E-state index in [1.165, 1.54) is 18.2 Å². The van der Waals surface area contributed by atoms with E-state index in [0.717, 1.165) is 0 Å². The summed E-state index contributed by atoms with van der Waals surface area (Å²) in [6.07, 6.45) is 0. The lowest BCUT2D eigenvalue weighted by Crippen LogP contribution is -1.98. The molecule has 2 aromatic rings. The maximum absolute atomic E-state index is 10.9. The van der Waals surface area contributed by atoms with Crippen molar-refractivity contribution in [1.82, 2.24) is 4.98 Å². The van der Waals surface area contributed by atoms with E-state index < -0.39 is 4.92 Å². The molecule has 1 aromatic heterocycles. The lowest BCUT2D eigenvalue weighted by Gasteiger charge is -2.03. The summed E-state index contributed by atoms with van der Waals surface area (Å²) in [5.74, 6) is 0.193. The highest BCUT2D eigenvalue weighted by Gasteiger charge is 2.17. The summed E-state index contributed by atoms with van der Waals surface area (Å²) in [6, 6.07) is 11.1. The minimum atomic E-state index is -0.527. The summed E-state index contributed by atoms with van der Waals surface area (Å²) >= 11 is 0. The van der Waals surface area contributed by atoms with E-state index in [4.69, 9.17) is 11.0 Å². The molecular weight excluding hydrogens is 232 g/mol. The summed E-state index contributed by atoms with van der Waals surface area (Å²) in [6.45, 7) is 0. The second-order valence-electron chi connectivity index (χ2n) is 3.55. The van der Waals surface area contributed by atoms with Gasteiger partial charge in [-0.15, -0.1) is 0 Å². The summed E-state index contributed by atoms with van der Waals surface area (Å²) in [5.41, 5.74) is 6.46. The molecule has 0 unspecified atom stereocenters. The fourth-order valence-electron chi connectivity index (χ4n) is 1.56. The van der Waals surface area contributed by atoms with Crippen molar-refractivity contribution in [3.05, 3.63) is 52.1 Å². The minimum absolute atomic E-state index is 0.140. The number of hydrogen-bond acceptors (Lipinski definition) is 5. The van der Waals surface area contributed by atoms with Crippen molar-refractivity contribution in [3.8, 4) is 17.3 Å². The normalized spacial score (nSPS) is 9.72. The van der Waals surface area contributed by atoms with Crippen molar-refractivity contribution >= 4 is 11.5 Å². The lowest BCUT2D eigenvalue weighted by atomic mass is 10.1. The first-order valence-electron chi connectivity index (χ1n) is 5.03. The first-order chi connectivity index (χ1) is 8.61. The molecule has 0 aliphatic carbocycles. The van der Waals surface area contributed by atoms with E-state index in [2.05, 4.69) is 4.98 Å². The molecule has 1 heterocycles. The van der Waals surface area contributed by atoms with Crippen LogP contribution in [0.5, 0.6) is 0 Å². The molecule has 0 bridgehead atoms. The molecule has 2 N–H and O–H groups in total. The highest BCUT2D eigenvalue weighted by Crippen LogP contribution is 2.29. The zero-order chi connectivity index (χ0) is 13.1. The number of nitriles is 1. The summed E-state index contributed by atoms with van der Waals surface area (Å²) < 4.78 is 0. The molecule has 0 radical (unpaired) electrons. The number of pyridine rings is 1. The van der Waals surface area contributed by atoms with Gasteiger partial charge in [0.15, 0.2) is 5.69 Å². The van der Waals surface area contributed by atoms with E-state index in [9.17, 15) is 10.1 Å². The zero-order valence-corrected chi connectivity index (χ0v) is 9.20. The average molecular weight is 240 g/mol. The van der Waals surface area contributed by atoms with Gasteiger partial charge in [-0.1, -0.05) is 12.1 Å². The number of anilines is 1. The van der Waals surface area contributed by atoms with E-state index >= 15 is 0 Å². The SMILES string of the molecule is N#Cc1cccc(-c2nc(N)ccc2[N+](=O)[O-])c1. The first-order valence-corrected chi connectivity index (χ1v) is 5.03. The van der Waals surface area contributed by atoms with Gasteiger partial charge < -0.3 is 5.73 Å². The zero-order valence-electron chi connectivity index (χ0n) is 9.20. The van der Waals surface area contributed by atoms with Gasteiger partial charge in [0.2, 0.25) is 0 Å². The monoisotopic (exact) mass is 240 g/mol. The molecule has 0 aliphatic rings.